The first-order valence-electron chi connectivity index (χ1n) is 11.3. The molecular weight excluding hydrogens is 524 g/mol. The maximum Gasteiger partial charge on any atom is 0.317 e. The third-order valence-electron chi connectivity index (χ3n) is 5.27. The molecule has 0 saturated heterocycles. The van der Waals surface area contributed by atoms with E-state index < -0.39 is 68.6 Å². The topological polar surface area (TPSA) is 209 Å². The normalized spacial score (nSPS) is 11.8. The van der Waals surface area contributed by atoms with E-state index in [1.165, 1.54) is 14.7 Å². The summed E-state index contributed by atoms with van der Waals surface area (Å²) in [5, 5.41) is 48.4. The lowest BCUT2D eigenvalue weighted by atomic mass is 10.0. The minimum atomic E-state index is -1.26. The van der Waals surface area contributed by atoms with E-state index in [0.29, 0.717) is 11.3 Å². The van der Waals surface area contributed by atoms with Crippen LogP contribution in [0.2, 0.25) is 0 Å². The highest BCUT2D eigenvalue weighted by Gasteiger charge is 2.27. The van der Waals surface area contributed by atoms with Gasteiger partial charge in [-0.25, -0.2) is 0 Å². The second-order valence-corrected chi connectivity index (χ2v) is 8.58. The molecule has 0 aromatic heterocycles. The van der Waals surface area contributed by atoms with E-state index in [-0.39, 0.29) is 32.5 Å². The molecule has 1 atom stereocenters. The van der Waals surface area contributed by atoms with Crippen molar-refractivity contribution >= 4 is 52.9 Å². The Morgan fingerprint density at radius 2 is 1.18 bits per heavy atom. The summed E-state index contributed by atoms with van der Waals surface area (Å²) in [7, 11) is 0. The van der Waals surface area contributed by atoms with Crippen molar-refractivity contribution in [2.45, 2.75) is 18.9 Å². The Morgan fingerprint density at radius 1 is 0.737 bits per heavy atom. The van der Waals surface area contributed by atoms with Crippen LogP contribution in [0, 0.1) is 0 Å². The van der Waals surface area contributed by atoms with E-state index in [1.807, 2.05) is 0 Å². The maximum atomic E-state index is 11.5. The van der Waals surface area contributed by atoms with E-state index in [0.717, 1.165) is 0 Å². The Kier molecular flexibility index (Phi) is 14.3. The largest absolute Gasteiger partial charge is 0.480 e. The van der Waals surface area contributed by atoms with Crippen molar-refractivity contribution < 1.29 is 49.5 Å². The SMILES string of the molecule is O=C(O)CN(CCCN(CC(=O)O)CC(Cc1ccc(N=C=S)cc1)N(CC(=O)O)CC(=O)O)CC(=O)O. The Bertz CT molecular complexity index is 998. The number of benzene rings is 1. The maximum absolute atomic E-state index is 11.5. The summed E-state index contributed by atoms with van der Waals surface area (Å²) in [6, 6.07) is 5.98. The number of aliphatic carboxylic acids is 5. The highest BCUT2D eigenvalue weighted by atomic mass is 32.1. The lowest BCUT2D eigenvalue weighted by Gasteiger charge is -2.34. The average molecular weight is 555 g/mol. The summed E-state index contributed by atoms with van der Waals surface area (Å²) in [6.07, 6.45) is 0.394. The minimum absolute atomic E-state index is 0.0233. The Hall–Kier alpha value is -3.75. The highest BCUT2D eigenvalue weighted by molar-refractivity contribution is 7.78. The lowest BCUT2D eigenvalue weighted by Crippen LogP contribution is -2.50. The van der Waals surface area contributed by atoms with Gasteiger partial charge >= 0.3 is 29.8 Å². The molecule has 0 fully saturated rings. The molecule has 0 bridgehead atoms. The van der Waals surface area contributed by atoms with Gasteiger partial charge in [0.2, 0.25) is 0 Å². The van der Waals surface area contributed by atoms with Crippen LogP contribution in [-0.2, 0) is 30.4 Å². The molecule has 15 heteroatoms. The fourth-order valence-electron chi connectivity index (χ4n) is 3.84. The van der Waals surface area contributed by atoms with Gasteiger partial charge in [0.25, 0.3) is 0 Å². The fraction of sp³-hybridized carbons (Fsp3) is 0.478. The summed E-state index contributed by atoms with van der Waals surface area (Å²) in [4.78, 5) is 64.3. The van der Waals surface area contributed by atoms with E-state index in [1.54, 1.807) is 24.3 Å². The second-order valence-electron chi connectivity index (χ2n) is 8.40. The number of thiocarbonyl (C=S) groups is 1. The van der Waals surface area contributed by atoms with Crippen molar-refractivity contribution in [1.29, 1.82) is 0 Å². The van der Waals surface area contributed by atoms with Gasteiger partial charge in [-0.2, -0.15) is 4.99 Å². The predicted molar refractivity (Wildman–Crippen MR) is 136 cm³/mol. The number of rotatable bonds is 20. The first kappa shape index (κ1) is 32.3. The number of carboxylic acid groups (broad SMARTS) is 5. The molecule has 5 N–H and O–H groups in total. The van der Waals surface area contributed by atoms with Crippen LogP contribution in [0.3, 0.4) is 0 Å². The van der Waals surface area contributed by atoms with Crippen LogP contribution in [0.15, 0.2) is 29.3 Å². The zero-order valence-electron chi connectivity index (χ0n) is 20.4. The number of isothiocyanates is 1. The molecular formula is C23H30N4O10S. The zero-order valence-corrected chi connectivity index (χ0v) is 21.2. The molecule has 0 radical (unpaired) electrons. The van der Waals surface area contributed by atoms with Crippen molar-refractivity contribution in [2.24, 2.45) is 4.99 Å². The molecule has 1 unspecified atom stereocenters. The quantitative estimate of drug-likeness (QED) is 0.107. The molecule has 0 spiro atoms. The van der Waals surface area contributed by atoms with Gasteiger partial charge in [-0.05, 0) is 42.8 Å². The van der Waals surface area contributed by atoms with Crippen LogP contribution in [0.25, 0.3) is 0 Å². The number of hydrogen-bond acceptors (Lipinski definition) is 10. The summed E-state index contributed by atoms with van der Waals surface area (Å²) < 4.78 is 0. The molecule has 208 valence electrons. The predicted octanol–water partition coefficient (Wildman–Crippen LogP) is 0.0511. The third-order valence-corrected chi connectivity index (χ3v) is 5.36. The molecule has 0 heterocycles. The number of carboxylic acids is 5. The summed E-state index contributed by atoms with van der Waals surface area (Å²) in [5.41, 5.74) is 1.25. The third kappa shape index (κ3) is 14.1. The van der Waals surface area contributed by atoms with Crippen molar-refractivity contribution in [2.75, 3.05) is 52.4 Å². The molecule has 1 aromatic rings. The molecule has 1 aromatic carbocycles. The fourth-order valence-corrected chi connectivity index (χ4v) is 3.95. The van der Waals surface area contributed by atoms with E-state index in [4.69, 9.17) is 10.2 Å². The van der Waals surface area contributed by atoms with Gasteiger partial charge in [0.15, 0.2) is 0 Å². The number of hydrogen-bond donors (Lipinski definition) is 5. The molecule has 1 rings (SSSR count). The monoisotopic (exact) mass is 554 g/mol. The van der Waals surface area contributed by atoms with Gasteiger partial charge in [0, 0.05) is 25.7 Å². The van der Waals surface area contributed by atoms with Gasteiger partial charge in [0.1, 0.15) is 0 Å². The smallest absolute Gasteiger partial charge is 0.317 e. The standard InChI is InChI=1S/C23H30N4O10S/c28-19(29)10-25(6-1-7-26(11-20(30)31)12-21(32)33)9-18(27(13-22(34)35)14-23(36)37)8-16-2-4-17(5-3-16)24-15-38/h2-5,18H,1,6-14H2,(H,28,29)(H,30,31)(H,32,33)(H,34,35)(H,36,37). The van der Waals surface area contributed by atoms with E-state index >= 15 is 0 Å². The molecule has 14 nitrogen and oxygen atoms in total. The average Bonchev–Trinajstić information content (AvgIpc) is 2.77. The van der Waals surface area contributed by atoms with Crippen LogP contribution >= 0.6 is 12.2 Å². The summed E-state index contributed by atoms with van der Waals surface area (Å²) in [6.45, 7) is -2.55. The number of aliphatic imine (C=N–C) groups is 1. The van der Waals surface area contributed by atoms with Crippen LogP contribution in [-0.4, -0.2) is 134 Å². The van der Waals surface area contributed by atoms with Gasteiger partial charge < -0.3 is 25.5 Å². The molecule has 0 aliphatic carbocycles. The van der Waals surface area contributed by atoms with Gasteiger partial charge in [0.05, 0.1) is 43.6 Å². The van der Waals surface area contributed by atoms with Crippen LogP contribution < -0.4 is 0 Å². The minimum Gasteiger partial charge on any atom is -0.480 e. The first-order chi connectivity index (χ1) is 17.9. The van der Waals surface area contributed by atoms with Gasteiger partial charge in [-0.1, -0.05) is 12.1 Å². The lowest BCUT2D eigenvalue weighted by molar-refractivity contribution is -0.145. The van der Waals surface area contributed by atoms with Crippen molar-refractivity contribution in [3.63, 3.8) is 0 Å². The zero-order chi connectivity index (χ0) is 28.7. The Labute approximate surface area is 223 Å². The van der Waals surface area contributed by atoms with Gasteiger partial charge in [-0.15, -0.1) is 0 Å². The Morgan fingerprint density at radius 3 is 1.63 bits per heavy atom. The summed E-state index contributed by atoms with van der Waals surface area (Å²) in [5.74, 6) is -6.13. The molecule has 0 saturated carbocycles. The van der Waals surface area contributed by atoms with Crippen LogP contribution in [0.1, 0.15) is 12.0 Å². The molecule has 38 heavy (non-hydrogen) atoms. The second kappa shape index (κ2) is 16.9. The molecule has 0 aliphatic rings. The number of carbonyl (C=O) groups is 5. The first-order valence-corrected chi connectivity index (χ1v) is 11.7. The molecule has 0 aliphatic heterocycles. The number of nitrogens with zero attached hydrogens (tertiary/aromatic N) is 4. The van der Waals surface area contributed by atoms with Gasteiger partial charge in [-0.3, -0.25) is 38.7 Å². The van der Waals surface area contributed by atoms with Crippen LogP contribution in [0.5, 0.6) is 0 Å². The highest BCUT2D eigenvalue weighted by Crippen LogP contribution is 2.16. The van der Waals surface area contributed by atoms with E-state index in [2.05, 4.69) is 22.4 Å². The summed E-state index contributed by atoms with van der Waals surface area (Å²) >= 11 is 4.58. The van der Waals surface area contributed by atoms with Crippen molar-refractivity contribution in [3.8, 4) is 0 Å². The Balaban J connectivity index is 3.15. The van der Waals surface area contributed by atoms with Crippen molar-refractivity contribution in [3.05, 3.63) is 29.8 Å². The van der Waals surface area contributed by atoms with Crippen molar-refractivity contribution in [1.82, 2.24) is 14.7 Å². The van der Waals surface area contributed by atoms with E-state index in [9.17, 15) is 39.3 Å². The van der Waals surface area contributed by atoms with Crippen LogP contribution in [0.4, 0.5) is 5.69 Å². The molecule has 0 amide bonds.